The Morgan fingerprint density at radius 2 is 2.26 bits per heavy atom. The molecule has 0 saturated carbocycles. The third kappa shape index (κ3) is 1.96. The van der Waals surface area contributed by atoms with Gasteiger partial charge in [0.05, 0.1) is 0 Å². The molecule has 1 aromatic heterocycles. The summed E-state index contributed by atoms with van der Waals surface area (Å²) in [6.07, 6.45) is 8.53. The summed E-state index contributed by atoms with van der Waals surface area (Å²) in [6, 6.07) is 7.24. The van der Waals surface area contributed by atoms with E-state index < -0.39 is 0 Å². The molecule has 2 aromatic rings. The molecule has 1 N–H and O–H groups in total. The normalized spacial score (nSPS) is 23.6. The largest absolute Gasteiger partial charge is 0.361 e. The summed E-state index contributed by atoms with van der Waals surface area (Å²) >= 11 is 3.58. The lowest BCUT2D eigenvalue weighted by Crippen LogP contribution is -2.32. The second kappa shape index (κ2) is 4.50. The van der Waals surface area contributed by atoms with Gasteiger partial charge in [-0.05, 0) is 49.6 Å². The Balaban J connectivity index is 1.76. The Hall–Kier alpha value is -1.06. The molecule has 1 saturated heterocycles. The van der Waals surface area contributed by atoms with Gasteiger partial charge in [-0.15, -0.1) is 0 Å². The molecule has 3 heteroatoms. The van der Waals surface area contributed by atoms with Gasteiger partial charge in [0.25, 0.3) is 0 Å². The predicted molar refractivity (Wildman–Crippen MR) is 83.2 cm³/mol. The zero-order valence-electron chi connectivity index (χ0n) is 10.8. The third-order valence-corrected chi connectivity index (χ3v) is 5.01. The van der Waals surface area contributed by atoms with Crippen molar-refractivity contribution in [2.45, 2.75) is 25.3 Å². The fourth-order valence-electron chi connectivity index (χ4n) is 3.51. The molecule has 4 rings (SSSR count). The Morgan fingerprint density at radius 3 is 3.21 bits per heavy atom. The lowest BCUT2D eigenvalue weighted by atomic mass is 9.94. The fourth-order valence-corrected chi connectivity index (χ4v) is 3.87. The first-order valence-electron chi connectivity index (χ1n) is 7.01. The minimum atomic E-state index is 0.775. The van der Waals surface area contributed by atoms with E-state index in [9.17, 15) is 0 Å². The third-order valence-electron chi connectivity index (χ3n) is 4.52. The zero-order valence-corrected chi connectivity index (χ0v) is 12.4. The summed E-state index contributed by atoms with van der Waals surface area (Å²) < 4.78 is 1.15. The predicted octanol–water partition coefficient (Wildman–Crippen LogP) is 4.18. The molecule has 2 aliphatic rings. The van der Waals surface area contributed by atoms with E-state index in [0.717, 1.165) is 17.1 Å². The van der Waals surface area contributed by atoms with Gasteiger partial charge in [0.2, 0.25) is 0 Å². The van der Waals surface area contributed by atoms with Gasteiger partial charge < -0.3 is 4.98 Å². The average Bonchev–Trinajstić information content (AvgIpc) is 3.03. The summed E-state index contributed by atoms with van der Waals surface area (Å²) in [6.45, 7) is 2.41. The zero-order chi connectivity index (χ0) is 12.8. The second-order valence-electron chi connectivity index (χ2n) is 5.62. The maximum absolute atomic E-state index is 3.58. The monoisotopic (exact) mass is 316 g/mol. The number of benzene rings is 1. The number of nitrogens with zero attached hydrogens (tertiary/aromatic N) is 1. The molecular weight excluding hydrogens is 300 g/mol. The molecule has 0 unspecified atom stereocenters. The lowest BCUT2D eigenvalue weighted by molar-refractivity contribution is 0.275. The van der Waals surface area contributed by atoms with E-state index in [4.69, 9.17) is 0 Å². The van der Waals surface area contributed by atoms with Crippen molar-refractivity contribution in [3.8, 4) is 0 Å². The van der Waals surface area contributed by atoms with Gasteiger partial charge in [-0.3, -0.25) is 4.90 Å². The van der Waals surface area contributed by atoms with Crippen molar-refractivity contribution in [1.82, 2.24) is 9.88 Å². The lowest BCUT2D eigenvalue weighted by Gasteiger charge is -2.29. The highest BCUT2D eigenvalue weighted by Crippen LogP contribution is 2.35. The fraction of sp³-hybridized carbons (Fsp3) is 0.375. The molecule has 2 nitrogen and oxygen atoms in total. The number of halogens is 1. The van der Waals surface area contributed by atoms with Crippen molar-refractivity contribution in [1.29, 1.82) is 0 Å². The van der Waals surface area contributed by atoms with Gasteiger partial charge in [0, 0.05) is 39.7 Å². The number of fused-ring (bicyclic) bond motifs is 2. The molecule has 0 amide bonds. The van der Waals surface area contributed by atoms with Crippen LogP contribution in [0.3, 0.4) is 0 Å². The van der Waals surface area contributed by atoms with Gasteiger partial charge in [-0.2, -0.15) is 0 Å². The van der Waals surface area contributed by atoms with Gasteiger partial charge in [0.1, 0.15) is 0 Å². The topological polar surface area (TPSA) is 19.0 Å². The second-order valence-corrected chi connectivity index (χ2v) is 6.53. The van der Waals surface area contributed by atoms with Crippen molar-refractivity contribution in [2.75, 3.05) is 13.1 Å². The molecular formula is C16H17BrN2. The number of nitrogens with one attached hydrogen (secondary N) is 1. The van der Waals surface area contributed by atoms with Crippen LogP contribution in [0, 0.1) is 0 Å². The average molecular weight is 317 g/mol. The Morgan fingerprint density at radius 1 is 1.32 bits per heavy atom. The molecule has 98 valence electrons. The van der Waals surface area contributed by atoms with Crippen LogP contribution in [0.25, 0.3) is 16.5 Å². The molecule has 3 heterocycles. The number of hydrogen-bond donors (Lipinski definition) is 1. The highest BCUT2D eigenvalue weighted by Gasteiger charge is 2.28. The number of hydrogen-bond acceptors (Lipinski definition) is 1. The molecule has 2 aliphatic heterocycles. The quantitative estimate of drug-likeness (QED) is 0.836. The van der Waals surface area contributed by atoms with Crippen molar-refractivity contribution in [3.63, 3.8) is 0 Å². The molecule has 1 fully saturated rings. The minimum absolute atomic E-state index is 0.775. The van der Waals surface area contributed by atoms with Crippen molar-refractivity contribution < 1.29 is 0 Å². The van der Waals surface area contributed by atoms with Crippen LogP contribution in [0.5, 0.6) is 0 Å². The van der Waals surface area contributed by atoms with E-state index in [0.29, 0.717) is 0 Å². The maximum atomic E-state index is 3.58. The summed E-state index contributed by atoms with van der Waals surface area (Å²) in [5, 5.41) is 1.34. The van der Waals surface area contributed by atoms with E-state index in [-0.39, 0.29) is 0 Å². The Labute approximate surface area is 121 Å². The maximum Gasteiger partial charge on any atom is 0.0461 e. The SMILES string of the molecule is Brc1ccc2[nH]cc(C3=CCN4CCC[C@H]4C3)c2c1. The van der Waals surface area contributed by atoms with Crippen molar-refractivity contribution in [3.05, 3.63) is 40.5 Å². The summed E-state index contributed by atoms with van der Waals surface area (Å²) in [5.41, 5.74) is 4.14. The first-order chi connectivity index (χ1) is 9.31. The van der Waals surface area contributed by atoms with E-state index in [1.165, 1.54) is 47.8 Å². The summed E-state index contributed by atoms with van der Waals surface area (Å²) in [5.74, 6) is 0. The Kier molecular flexibility index (Phi) is 2.78. The van der Waals surface area contributed by atoms with E-state index in [1.54, 1.807) is 0 Å². The number of aromatic amines is 1. The van der Waals surface area contributed by atoms with E-state index in [2.05, 4.69) is 56.3 Å². The van der Waals surface area contributed by atoms with Crippen LogP contribution in [0.4, 0.5) is 0 Å². The number of H-pyrrole nitrogens is 1. The highest BCUT2D eigenvalue weighted by atomic mass is 79.9. The molecule has 0 radical (unpaired) electrons. The Bertz CT molecular complexity index is 656. The van der Waals surface area contributed by atoms with Gasteiger partial charge in [-0.25, -0.2) is 0 Å². The van der Waals surface area contributed by atoms with Gasteiger partial charge in [0.15, 0.2) is 0 Å². The van der Waals surface area contributed by atoms with Crippen LogP contribution < -0.4 is 0 Å². The van der Waals surface area contributed by atoms with Gasteiger partial charge in [-0.1, -0.05) is 22.0 Å². The van der Waals surface area contributed by atoms with Crippen molar-refractivity contribution in [2.24, 2.45) is 0 Å². The summed E-state index contributed by atoms with van der Waals surface area (Å²) in [4.78, 5) is 6.02. The number of aromatic nitrogens is 1. The molecule has 0 spiro atoms. The number of rotatable bonds is 1. The first-order valence-corrected chi connectivity index (χ1v) is 7.80. The van der Waals surface area contributed by atoms with Gasteiger partial charge >= 0.3 is 0 Å². The molecule has 0 aliphatic carbocycles. The molecule has 1 aromatic carbocycles. The molecule has 0 bridgehead atoms. The van der Waals surface area contributed by atoms with E-state index in [1.807, 2.05) is 0 Å². The van der Waals surface area contributed by atoms with Crippen LogP contribution in [0.2, 0.25) is 0 Å². The summed E-state index contributed by atoms with van der Waals surface area (Å²) in [7, 11) is 0. The van der Waals surface area contributed by atoms with E-state index >= 15 is 0 Å². The van der Waals surface area contributed by atoms with Crippen LogP contribution in [0.1, 0.15) is 24.8 Å². The van der Waals surface area contributed by atoms with Crippen molar-refractivity contribution >= 4 is 32.4 Å². The molecule has 1 atom stereocenters. The first kappa shape index (κ1) is 11.7. The van der Waals surface area contributed by atoms with Crippen LogP contribution >= 0.6 is 15.9 Å². The van der Waals surface area contributed by atoms with Crippen LogP contribution in [0.15, 0.2) is 34.9 Å². The van der Waals surface area contributed by atoms with Crippen LogP contribution in [-0.4, -0.2) is 29.0 Å². The highest BCUT2D eigenvalue weighted by molar-refractivity contribution is 9.10. The minimum Gasteiger partial charge on any atom is -0.361 e. The molecule has 19 heavy (non-hydrogen) atoms. The van der Waals surface area contributed by atoms with Crippen LogP contribution in [-0.2, 0) is 0 Å². The standard InChI is InChI=1S/C16H17BrN2/c17-12-3-4-16-14(9-12)15(10-18-16)11-5-7-19-6-1-2-13(19)8-11/h3-5,9-10,13,18H,1-2,6-8H2/t13-/m0/s1. The smallest absolute Gasteiger partial charge is 0.0461 e.